The van der Waals surface area contributed by atoms with Crippen LogP contribution < -0.4 is 5.32 Å². The van der Waals surface area contributed by atoms with E-state index >= 15 is 0 Å². The maximum atomic E-state index is 11.8. The summed E-state index contributed by atoms with van der Waals surface area (Å²) in [6, 6.07) is 0.235. The summed E-state index contributed by atoms with van der Waals surface area (Å²) < 4.78 is 0. The number of amides is 1. The van der Waals surface area contributed by atoms with Gasteiger partial charge in [0.15, 0.2) is 0 Å². The Morgan fingerprint density at radius 3 is 2.14 bits per heavy atom. The third-order valence-corrected chi connectivity index (χ3v) is 3.24. The van der Waals surface area contributed by atoms with Gasteiger partial charge in [0.05, 0.1) is 0 Å². The van der Waals surface area contributed by atoms with Crippen molar-refractivity contribution in [3.8, 4) is 0 Å². The minimum absolute atomic E-state index is 0.214. The van der Waals surface area contributed by atoms with Crippen LogP contribution in [0.1, 0.15) is 46.5 Å². The average molecular weight is 264 g/mol. The topological polar surface area (TPSA) is 29.1 Å². The van der Waals surface area contributed by atoms with Gasteiger partial charge < -0.3 is 5.32 Å². The molecule has 0 saturated heterocycles. The summed E-state index contributed by atoms with van der Waals surface area (Å²) in [5.41, 5.74) is 0. The molecule has 0 aromatic carbocycles. The van der Waals surface area contributed by atoms with Crippen molar-refractivity contribution in [2.45, 2.75) is 52.5 Å². The van der Waals surface area contributed by atoms with Crippen molar-refractivity contribution >= 4 is 21.8 Å². The highest BCUT2D eigenvalue weighted by Gasteiger charge is 2.17. The molecule has 0 aliphatic heterocycles. The SMILES string of the molecule is CCCC(CCC)C(=O)NC(C)CBr. The zero-order valence-electron chi connectivity index (χ0n) is 9.48. The van der Waals surface area contributed by atoms with Gasteiger partial charge in [-0.3, -0.25) is 4.79 Å². The fourth-order valence-electron chi connectivity index (χ4n) is 1.50. The van der Waals surface area contributed by atoms with Crippen LogP contribution in [0, 0.1) is 5.92 Å². The highest BCUT2D eigenvalue weighted by molar-refractivity contribution is 9.09. The molecule has 1 N–H and O–H groups in total. The molecule has 0 heterocycles. The van der Waals surface area contributed by atoms with Crippen molar-refractivity contribution in [1.82, 2.24) is 5.32 Å². The van der Waals surface area contributed by atoms with Crippen molar-refractivity contribution < 1.29 is 4.79 Å². The molecule has 1 amide bonds. The lowest BCUT2D eigenvalue weighted by Crippen LogP contribution is -2.38. The lowest BCUT2D eigenvalue weighted by atomic mass is 9.97. The normalized spacial score (nSPS) is 12.9. The van der Waals surface area contributed by atoms with Gasteiger partial charge in [-0.1, -0.05) is 42.6 Å². The molecule has 0 radical (unpaired) electrons. The number of alkyl halides is 1. The number of halogens is 1. The van der Waals surface area contributed by atoms with Crippen LogP contribution in [-0.2, 0) is 4.79 Å². The molecule has 0 aliphatic rings. The molecule has 0 aromatic heterocycles. The first kappa shape index (κ1) is 13.9. The number of hydrogen-bond acceptors (Lipinski definition) is 1. The van der Waals surface area contributed by atoms with E-state index in [4.69, 9.17) is 0 Å². The Hall–Kier alpha value is -0.0500. The first-order valence-corrected chi connectivity index (χ1v) is 6.64. The molecular weight excluding hydrogens is 242 g/mol. The molecule has 0 rings (SSSR count). The molecule has 3 heteroatoms. The molecule has 0 spiro atoms. The predicted octanol–water partition coefficient (Wildman–Crippen LogP) is 3.10. The number of carbonyl (C=O) groups excluding carboxylic acids is 1. The predicted molar refractivity (Wildman–Crippen MR) is 64.7 cm³/mol. The number of rotatable bonds is 7. The summed E-state index contributed by atoms with van der Waals surface area (Å²) in [6.45, 7) is 6.27. The smallest absolute Gasteiger partial charge is 0.223 e. The van der Waals surface area contributed by atoms with Crippen molar-refractivity contribution in [2.24, 2.45) is 5.92 Å². The minimum Gasteiger partial charge on any atom is -0.353 e. The molecule has 14 heavy (non-hydrogen) atoms. The number of nitrogens with one attached hydrogen (secondary N) is 1. The molecule has 2 nitrogen and oxygen atoms in total. The van der Waals surface area contributed by atoms with Crippen LogP contribution in [0.2, 0.25) is 0 Å². The van der Waals surface area contributed by atoms with Crippen molar-refractivity contribution in [3.63, 3.8) is 0 Å². The summed E-state index contributed by atoms with van der Waals surface area (Å²) in [6.07, 6.45) is 4.19. The van der Waals surface area contributed by atoms with Crippen LogP contribution in [0.25, 0.3) is 0 Å². The van der Waals surface area contributed by atoms with Gasteiger partial charge in [0.2, 0.25) is 5.91 Å². The second kappa shape index (κ2) is 8.27. The Morgan fingerprint density at radius 1 is 1.29 bits per heavy atom. The first-order chi connectivity index (χ1) is 6.65. The van der Waals surface area contributed by atoms with Gasteiger partial charge in [0.1, 0.15) is 0 Å². The molecule has 0 aliphatic carbocycles. The van der Waals surface area contributed by atoms with E-state index in [1.807, 2.05) is 6.92 Å². The fraction of sp³-hybridized carbons (Fsp3) is 0.909. The fourth-order valence-corrected chi connectivity index (χ4v) is 1.66. The third kappa shape index (κ3) is 5.63. The summed E-state index contributed by atoms with van der Waals surface area (Å²) in [5, 5.41) is 3.84. The van der Waals surface area contributed by atoms with Gasteiger partial charge >= 0.3 is 0 Å². The van der Waals surface area contributed by atoms with Crippen LogP contribution in [0.5, 0.6) is 0 Å². The van der Waals surface area contributed by atoms with E-state index in [0.717, 1.165) is 31.0 Å². The Labute approximate surface area is 96.0 Å². The van der Waals surface area contributed by atoms with Crippen molar-refractivity contribution in [2.75, 3.05) is 5.33 Å². The van der Waals surface area contributed by atoms with Gasteiger partial charge in [-0.15, -0.1) is 0 Å². The zero-order valence-corrected chi connectivity index (χ0v) is 11.1. The molecule has 0 fully saturated rings. The molecule has 0 aromatic rings. The number of hydrogen-bond donors (Lipinski definition) is 1. The van der Waals surface area contributed by atoms with Gasteiger partial charge in [0.25, 0.3) is 0 Å². The Morgan fingerprint density at radius 2 is 1.79 bits per heavy atom. The maximum absolute atomic E-state index is 11.8. The zero-order chi connectivity index (χ0) is 11.0. The summed E-state index contributed by atoms with van der Waals surface area (Å²) in [5.74, 6) is 0.437. The molecule has 84 valence electrons. The molecule has 1 atom stereocenters. The van der Waals surface area contributed by atoms with Crippen molar-refractivity contribution in [1.29, 1.82) is 0 Å². The highest BCUT2D eigenvalue weighted by Crippen LogP contribution is 2.13. The van der Waals surface area contributed by atoms with Crippen LogP contribution in [0.4, 0.5) is 0 Å². The second-order valence-corrected chi connectivity index (χ2v) is 4.49. The van der Waals surface area contributed by atoms with E-state index in [0.29, 0.717) is 0 Å². The first-order valence-electron chi connectivity index (χ1n) is 5.52. The van der Waals surface area contributed by atoms with E-state index in [9.17, 15) is 4.79 Å². The summed E-state index contributed by atoms with van der Waals surface area (Å²) >= 11 is 3.36. The van der Waals surface area contributed by atoms with E-state index in [-0.39, 0.29) is 17.9 Å². The lowest BCUT2D eigenvalue weighted by molar-refractivity contribution is -0.125. The van der Waals surface area contributed by atoms with E-state index in [1.165, 1.54) is 0 Å². The van der Waals surface area contributed by atoms with E-state index < -0.39 is 0 Å². The van der Waals surface area contributed by atoms with E-state index in [1.54, 1.807) is 0 Å². The quantitative estimate of drug-likeness (QED) is 0.703. The molecular formula is C11H22BrNO. The van der Waals surface area contributed by atoms with Gasteiger partial charge in [-0.25, -0.2) is 0 Å². The van der Waals surface area contributed by atoms with Crippen LogP contribution in [0.15, 0.2) is 0 Å². The number of carbonyl (C=O) groups is 1. The van der Waals surface area contributed by atoms with Gasteiger partial charge in [-0.05, 0) is 19.8 Å². The van der Waals surface area contributed by atoms with E-state index in [2.05, 4.69) is 35.1 Å². The average Bonchev–Trinajstić information content (AvgIpc) is 2.17. The van der Waals surface area contributed by atoms with Gasteiger partial charge in [0, 0.05) is 17.3 Å². The third-order valence-electron chi connectivity index (χ3n) is 2.27. The van der Waals surface area contributed by atoms with Crippen LogP contribution >= 0.6 is 15.9 Å². The second-order valence-electron chi connectivity index (χ2n) is 3.84. The highest BCUT2D eigenvalue weighted by atomic mass is 79.9. The summed E-state index contributed by atoms with van der Waals surface area (Å²) in [7, 11) is 0. The summed E-state index contributed by atoms with van der Waals surface area (Å²) in [4.78, 5) is 11.8. The Kier molecular flexibility index (Phi) is 8.24. The Bertz CT molecular complexity index is 155. The monoisotopic (exact) mass is 263 g/mol. The molecule has 1 unspecified atom stereocenters. The molecule has 0 saturated carbocycles. The van der Waals surface area contributed by atoms with Gasteiger partial charge in [-0.2, -0.15) is 0 Å². The van der Waals surface area contributed by atoms with Crippen LogP contribution in [0.3, 0.4) is 0 Å². The lowest BCUT2D eigenvalue weighted by Gasteiger charge is -2.18. The van der Waals surface area contributed by atoms with Crippen molar-refractivity contribution in [3.05, 3.63) is 0 Å². The maximum Gasteiger partial charge on any atom is 0.223 e. The van der Waals surface area contributed by atoms with Crippen LogP contribution in [-0.4, -0.2) is 17.3 Å². The molecule has 0 bridgehead atoms. The Balaban J connectivity index is 4.00. The standard InChI is InChI=1S/C11H22BrNO/c1-4-6-10(7-5-2)11(14)13-9(3)8-12/h9-10H,4-8H2,1-3H3,(H,13,14). The largest absolute Gasteiger partial charge is 0.353 e. The minimum atomic E-state index is 0.214.